The van der Waals surface area contributed by atoms with E-state index in [-0.39, 0.29) is 0 Å². The van der Waals surface area contributed by atoms with Crippen LogP contribution in [0.5, 0.6) is 0 Å². The van der Waals surface area contributed by atoms with Gasteiger partial charge in [-0.3, -0.25) is 9.78 Å². The van der Waals surface area contributed by atoms with Crippen LogP contribution in [0.2, 0.25) is 0 Å². The van der Waals surface area contributed by atoms with Gasteiger partial charge < -0.3 is 0 Å². The summed E-state index contributed by atoms with van der Waals surface area (Å²) in [5.41, 5.74) is 1.83. The van der Waals surface area contributed by atoms with Gasteiger partial charge in [0.05, 0.1) is 5.51 Å². The van der Waals surface area contributed by atoms with Crippen LogP contribution in [-0.2, 0) is 11.2 Å². The van der Waals surface area contributed by atoms with Gasteiger partial charge >= 0.3 is 0 Å². The fourth-order valence-electron chi connectivity index (χ4n) is 5.07. The first-order valence-corrected chi connectivity index (χ1v) is 8.07. The summed E-state index contributed by atoms with van der Waals surface area (Å²) >= 11 is 1.62. The lowest BCUT2D eigenvalue weighted by Gasteiger charge is -2.53. The molecule has 5 rings (SSSR count). The predicted octanol–water partition coefficient (Wildman–Crippen LogP) is 3.33. The highest BCUT2D eigenvalue weighted by molar-refractivity contribution is 7.09. The van der Waals surface area contributed by atoms with Crippen LogP contribution in [-0.4, -0.2) is 10.8 Å². The van der Waals surface area contributed by atoms with Crippen molar-refractivity contribution in [3.63, 3.8) is 0 Å². The summed E-state index contributed by atoms with van der Waals surface area (Å²) in [5.74, 6) is 4.26. The summed E-state index contributed by atoms with van der Waals surface area (Å²) < 4.78 is 0. The minimum Gasteiger partial charge on any atom is -0.299 e. The first kappa shape index (κ1) is 11.2. The Labute approximate surface area is 112 Å². The van der Waals surface area contributed by atoms with Gasteiger partial charge in [0.1, 0.15) is 5.78 Å². The smallest absolute Gasteiger partial charge is 0.141 e. The lowest BCUT2D eigenvalue weighted by molar-refractivity contribution is -0.135. The minimum atomic E-state index is 0.389. The third-order valence-electron chi connectivity index (χ3n) is 5.43. The lowest BCUT2D eigenvalue weighted by atomic mass is 9.51. The molecule has 4 bridgehead atoms. The number of carbonyl (C=O) groups excluding carboxylic acids is 1. The van der Waals surface area contributed by atoms with Crippen molar-refractivity contribution in [1.29, 1.82) is 0 Å². The Morgan fingerprint density at radius 3 is 2.39 bits per heavy atom. The number of ketones is 1. The van der Waals surface area contributed by atoms with Crippen LogP contribution < -0.4 is 0 Å². The first-order valence-electron chi connectivity index (χ1n) is 7.19. The van der Waals surface area contributed by atoms with E-state index in [0.29, 0.717) is 18.1 Å². The molecule has 0 amide bonds. The van der Waals surface area contributed by atoms with E-state index < -0.39 is 0 Å². The fraction of sp³-hybridized carbons (Fsp3) is 0.733. The summed E-state index contributed by atoms with van der Waals surface area (Å²) in [7, 11) is 0. The average molecular weight is 261 g/mol. The molecule has 0 saturated heterocycles. The second kappa shape index (κ2) is 4.16. The number of nitrogens with zero attached hydrogens (tertiary/aromatic N) is 1. The Kier molecular flexibility index (Phi) is 2.58. The molecule has 2 nitrogen and oxygen atoms in total. The van der Waals surface area contributed by atoms with Crippen LogP contribution >= 0.6 is 11.3 Å². The molecule has 0 aromatic carbocycles. The van der Waals surface area contributed by atoms with Gasteiger partial charge in [0.25, 0.3) is 0 Å². The standard InChI is InChI=1S/C15H19NOS/c17-14(6-13-7-16-8-18-13)15-11-2-9-1-10(4-11)5-12(15)3-9/h7-12,15H,1-6H2. The molecule has 1 aromatic rings. The molecule has 0 aliphatic heterocycles. The maximum absolute atomic E-state index is 12.6. The van der Waals surface area contributed by atoms with Crippen molar-refractivity contribution in [2.75, 3.05) is 0 Å². The molecular weight excluding hydrogens is 242 g/mol. The van der Waals surface area contributed by atoms with Crippen LogP contribution in [0.15, 0.2) is 11.7 Å². The van der Waals surface area contributed by atoms with E-state index in [1.165, 1.54) is 32.1 Å². The number of hydrogen-bond acceptors (Lipinski definition) is 3. The molecule has 4 saturated carbocycles. The summed E-state index contributed by atoms with van der Waals surface area (Å²) in [5, 5.41) is 0. The van der Waals surface area contributed by atoms with E-state index in [0.717, 1.165) is 28.5 Å². The zero-order valence-electron chi connectivity index (χ0n) is 10.5. The van der Waals surface area contributed by atoms with E-state index in [9.17, 15) is 4.79 Å². The van der Waals surface area contributed by atoms with Crippen LogP contribution in [0.4, 0.5) is 0 Å². The summed E-state index contributed by atoms with van der Waals surface area (Å²) in [6.07, 6.45) is 9.31. The molecule has 96 valence electrons. The Balaban J connectivity index is 1.52. The van der Waals surface area contributed by atoms with Gasteiger partial charge in [-0.05, 0) is 55.8 Å². The van der Waals surface area contributed by atoms with Crippen molar-refractivity contribution < 1.29 is 4.79 Å². The van der Waals surface area contributed by atoms with Crippen LogP contribution in [0.1, 0.15) is 37.0 Å². The van der Waals surface area contributed by atoms with Gasteiger partial charge in [-0.15, -0.1) is 11.3 Å². The minimum absolute atomic E-state index is 0.389. The first-order chi connectivity index (χ1) is 8.79. The number of rotatable bonds is 3. The molecule has 4 fully saturated rings. The van der Waals surface area contributed by atoms with Crippen molar-refractivity contribution in [2.45, 2.75) is 38.5 Å². The van der Waals surface area contributed by atoms with Crippen molar-refractivity contribution in [2.24, 2.45) is 29.6 Å². The quantitative estimate of drug-likeness (QED) is 0.835. The predicted molar refractivity (Wildman–Crippen MR) is 71.4 cm³/mol. The molecule has 4 aliphatic carbocycles. The molecule has 1 aromatic heterocycles. The van der Waals surface area contributed by atoms with E-state index in [2.05, 4.69) is 4.98 Å². The normalized spacial score (nSPS) is 41.2. The summed E-state index contributed by atoms with van der Waals surface area (Å²) in [6.45, 7) is 0. The Hall–Kier alpha value is -0.700. The summed E-state index contributed by atoms with van der Waals surface area (Å²) in [4.78, 5) is 17.8. The molecule has 3 heteroatoms. The van der Waals surface area contributed by atoms with E-state index >= 15 is 0 Å². The highest BCUT2D eigenvalue weighted by Gasteiger charge is 2.50. The fourth-order valence-corrected chi connectivity index (χ4v) is 5.67. The monoisotopic (exact) mass is 261 g/mol. The van der Waals surface area contributed by atoms with Gasteiger partial charge in [0, 0.05) is 23.4 Å². The van der Waals surface area contributed by atoms with Crippen LogP contribution in [0.25, 0.3) is 0 Å². The zero-order chi connectivity index (χ0) is 12.1. The van der Waals surface area contributed by atoms with Crippen LogP contribution in [0, 0.1) is 29.6 Å². The largest absolute Gasteiger partial charge is 0.299 e. The number of thiazole rings is 1. The molecule has 0 N–H and O–H groups in total. The van der Waals surface area contributed by atoms with E-state index in [1.807, 2.05) is 11.7 Å². The van der Waals surface area contributed by atoms with Crippen molar-refractivity contribution in [3.05, 3.63) is 16.6 Å². The molecule has 0 spiro atoms. The lowest BCUT2D eigenvalue weighted by Crippen LogP contribution is -2.48. The maximum atomic E-state index is 12.6. The molecule has 4 aliphatic rings. The maximum Gasteiger partial charge on any atom is 0.141 e. The van der Waals surface area contributed by atoms with Gasteiger partial charge in [-0.1, -0.05) is 0 Å². The second-order valence-electron chi connectivity index (χ2n) is 6.57. The van der Waals surface area contributed by atoms with Crippen LogP contribution in [0.3, 0.4) is 0 Å². The third-order valence-corrected chi connectivity index (χ3v) is 6.21. The number of carbonyl (C=O) groups is 1. The Morgan fingerprint density at radius 1 is 1.17 bits per heavy atom. The van der Waals surface area contributed by atoms with Gasteiger partial charge in [-0.2, -0.15) is 0 Å². The highest BCUT2D eigenvalue weighted by Crippen LogP contribution is 2.56. The molecule has 0 radical (unpaired) electrons. The molecule has 0 unspecified atom stereocenters. The topological polar surface area (TPSA) is 30.0 Å². The van der Waals surface area contributed by atoms with Gasteiger partial charge in [-0.25, -0.2) is 0 Å². The van der Waals surface area contributed by atoms with Crippen molar-refractivity contribution >= 4 is 17.1 Å². The highest BCUT2D eigenvalue weighted by atomic mass is 32.1. The van der Waals surface area contributed by atoms with Crippen molar-refractivity contribution in [3.8, 4) is 0 Å². The molecule has 0 atom stereocenters. The molecular formula is C15H19NOS. The summed E-state index contributed by atoms with van der Waals surface area (Å²) in [6, 6.07) is 0. The SMILES string of the molecule is O=C(Cc1cncs1)C1C2CC3CC(C2)CC1C3. The van der Waals surface area contributed by atoms with E-state index in [1.54, 1.807) is 11.3 Å². The third kappa shape index (κ3) is 1.75. The average Bonchev–Trinajstić information content (AvgIpc) is 2.80. The number of hydrogen-bond donors (Lipinski definition) is 0. The number of Topliss-reactive ketones (excluding diaryl/α,β-unsaturated/α-hetero) is 1. The Bertz CT molecular complexity index is 425. The van der Waals surface area contributed by atoms with E-state index in [4.69, 9.17) is 0 Å². The zero-order valence-corrected chi connectivity index (χ0v) is 11.4. The Morgan fingerprint density at radius 2 is 1.83 bits per heavy atom. The van der Waals surface area contributed by atoms with Gasteiger partial charge in [0.15, 0.2) is 0 Å². The van der Waals surface area contributed by atoms with Crippen molar-refractivity contribution in [1.82, 2.24) is 4.98 Å². The number of aromatic nitrogens is 1. The second-order valence-corrected chi connectivity index (χ2v) is 7.54. The van der Waals surface area contributed by atoms with Gasteiger partial charge in [0.2, 0.25) is 0 Å². The molecule has 1 heterocycles. The molecule has 18 heavy (non-hydrogen) atoms.